The van der Waals surface area contributed by atoms with E-state index in [9.17, 15) is 14.3 Å². The molecule has 1 aromatic carbocycles. The molecule has 1 amide bonds. The van der Waals surface area contributed by atoms with Crippen LogP contribution in [0.25, 0.3) is 0 Å². The number of aryl methyl sites for hydroxylation is 1. The van der Waals surface area contributed by atoms with Gasteiger partial charge in [0.1, 0.15) is 5.82 Å². The SMILES string of the molecule is Cc1cc(F)ccc1NC(=O)CN1CC[C@@H](C(C)(C)O)C1. The van der Waals surface area contributed by atoms with Crippen molar-refractivity contribution in [3.05, 3.63) is 29.6 Å². The quantitative estimate of drug-likeness (QED) is 0.895. The minimum atomic E-state index is -0.710. The topological polar surface area (TPSA) is 52.6 Å². The predicted molar refractivity (Wildman–Crippen MR) is 80.6 cm³/mol. The third-order valence-electron chi connectivity index (χ3n) is 4.10. The standard InChI is InChI=1S/C16H23FN2O2/c1-11-8-13(17)4-5-14(11)18-15(20)10-19-7-6-12(9-19)16(2,3)21/h4-5,8,12,21H,6-7,9-10H2,1-3H3,(H,18,20)/t12-/m1/s1. The van der Waals surface area contributed by atoms with Gasteiger partial charge in [-0.2, -0.15) is 0 Å². The molecule has 0 bridgehead atoms. The summed E-state index contributed by atoms with van der Waals surface area (Å²) in [7, 11) is 0. The van der Waals surface area contributed by atoms with Crippen molar-refractivity contribution in [2.45, 2.75) is 32.8 Å². The highest BCUT2D eigenvalue weighted by Gasteiger charge is 2.33. The lowest BCUT2D eigenvalue weighted by Crippen LogP contribution is -2.36. The van der Waals surface area contributed by atoms with Crippen molar-refractivity contribution in [1.29, 1.82) is 0 Å². The van der Waals surface area contributed by atoms with Crippen LogP contribution in [0.5, 0.6) is 0 Å². The van der Waals surface area contributed by atoms with E-state index in [2.05, 4.69) is 5.32 Å². The molecule has 4 nitrogen and oxygen atoms in total. The highest BCUT2D eigenvalue weighted by Crippen LogP contribution is 2.26. The fourth-order valence-electron chi connectivity index (χ4n) is 2.71. The number of nitrogens with zero attached hydrogens (tertiary/aromatic N) is 1. The second-order valence-corrected chi connectivity index (χ2v) is 6.38. The summed E-state index contributed by atoms with van der Waals surface area (Å²) >= 11 is 0. The summed E-state index contributed by atoms with van der Waals surface area (Å²) in [6.07, 6.45) is 0.895. The van der Waals surface area contributed by atoms with Crippen molar-refractivity contribution in [1.82, 2.24) is 4.90 Å². The molecule has 21 heavy (non-hydrogen) atoms. The van der Waals surface area contributed by atoms with E-state index in [4.69, 9.17) is 0 Å². The van der Waals surface area contributed by atoms with Gasteiger partial charge in [0.25, 0.3) is 0 Å². The van der Waals surface area contributed by atoms with E-state index in [-0.39, 0.29) is 17.6 Å². The summed E-state index contributed by atoms with van der Waals surface area (Å²) in [6.45, 7) is 7.21. The van der Waals surface area contributed by atoms with Crippen LogP contribution in [0, 0.1) is 18.7 Å². The maximum absolute atomic E-state index is 13.0. The molecule has 1 aromatic rings. The molecule has 1 fully saturated rings. The number of hydrogen-bond acceptors (Lipinski definition) is 3. The van der Waals surface area contributed by atoms with Crippen LogP contribution in [0.4, 0.5) is 10.1 Å². The number of aliphatic hydroxyl groups is 1. The lowest BCUT2D eigenvalue weighted by atomic mass is 9.90. The molecule has 0 aromatic heterocycles. The Hall–Kier alpha value is -1.46. The van der Waals surface area contributed by atoms with Crippen LogP contribution in [0.3, 0.4) is 0 Å². The van der Waals surface area contributed by atoms with Gasteiger partial charge < -0.3 is 10.4 Å². The van der Waals surface area contributed by atoms with Gasteiger partial charge in [0.05, 0.1) is 12.1 Å². The van der Waals surface area contributed by atoms with Crippen LogP contribution in [0.2, 0.25) is 0 Å². The number of carbonyl (C=O) groups excluding carboxylic acids is 1. The molecule has 0 spiro atoms. The molecule has 1 aliphatic heterocycles. The monoisotopic (exact) mass is 294 g/mol. The zero-order valence-corrected chi connectivity index (χ0v) is 12.8. The normalized spacial score (nSPS) is 19.8. The smallest absolute Gasteiger partial charge is 0.238 e. The molecule has 5 heteroatoms. The molecule has 1 aliphatic rings. The van der Waals surface area contributed by atoms with Crippen LogP contribution in [0.1, 0.15) is 25.8 Å². The van der Waals surface area contributed by atoms with Crippen molar-refractivity contribution >= 4 is 11.6 Å². The zero-order chi connectivity index (χ0) is 15.6. The second-order valence-electron chi connectivity index (χ2n) is 6.38. The Morgan fingerprint density at radius 2 is 2.24 bits per heavy atom. The van der Waals surface area contributed by atoms with Crippen LogP contribution >= 0.6 is 0 Å². The molecular weight excluding hydrogens is 271 g/mol. The number of nitrogens with one attached hydrogen (secondary N) is 1. The van der Waals surface area contributed by atoms with Gasteiger partial charge in [-0.15, -0.1) is 0 Å². The molecule has 0 aliphatic carbocycles. The Bertz CT molecular complexity index is 525. The van der Waals surface area contributed by atoms with Gasteiger partial charge in [-0.05, 0) is 57.5 Å². The number of anilines is 1. The third-order valence-corrected chi connectivity index (χ3v) is 4.10. The number of halogens is 1. The van der Waals surface area contributed by atoms with Crippen LogP contribution in [0.15, 0.2) is 18.2 Å². The van der Waals surface area contributed by atoms with Gasteiger partial charge in [-0.25, -0.2) is 4.39 Å². The third kappa shape index (κ3) is 4.25. The molecule has 2 N–H and O–H groups in total. The van der Waals surface area contributed by atoms with Gasteiger partial charge in [0, 0.05) is 18.2 Å². The second kappa shape index (κ2) is 6.12. The molecule has 1 heterocycles. The summed E-state index contributed by atoms with van der Waals surface area (Å²) in [4.78, 5) is 14.1. The van der Waals surface area contributed by atoms with Crippen LogP contribution in [-0.4, -0.2) is 41.1 Å². The van der Waals surface area contributed by atoms with Gasteiger partial charge >= 0.3 is 0 Å². The summed E-state index contributed by atoms with van der Waals surface area (Å²) in [5.41, 5.74) is 0.637. The van der Waals surface area contributed by atoms with E-state index in [0.29, 0.717) is 17.8 Å². The molecule has 0 unspecified atom stereocenters. The summed E-state index contributed by atoms with van der Waals surface area (Å²) in [6, 6.07) is 4.31. The van der Waals surface area contributed by atoms with E-state index >= 15 is 0 Å². The molecule has 116 valence electrons. The first kappa shape index (κ1) is 15.9. The highest BCUT2D eigenvalue weighted by atomic mass is 19.1. The first-order chi connectivity index (χ1) is 9.75. The van der Waals surface area contributed by atoms with Crippen molar-refractivity contribution in [3.63, 3.8) is 0 Å². The Morgan fingerprint density at radius 1 is 1.52 bits per heavy atom. The van der Waals surface area contributed by atoms with Gasteiger partial charge in [-0.1, -0.05) is 0 Å². The van der Waals surface area contributed by atoms with Gasteiger partial charge in [-0.3, -0.25) is 9.69 Å². The Balaban J connectivity index is 1.88. The largest absolute Gasteiger partial charge is 0.390 e. The average molecular weight is 294 g/mol. The number of rotatable bonds is 4. The van der Waals surface area contributed by atoms with E-state index in [0.717, 1.165) is 19.5 Å². The Kier molecular flexibility index (Phi) is 4.64. The lowest BCUT2D eigenvalue weighted by molar-refractivity contribution is -0.117. The molecule has 0 saturated carbocycles. The number of likely N-dealkylation sites (tertiary alicyclic amines) is 1. The Labute approximate surface area is 125 Å². The molecule has 1 atom stereocenters. The van der Waals surface area contributed by atoms with E-state index < -0.39 is 5.60 Å². The maximum Gasteiger partial charge on any atom is 0.238 e. The molecule has 0 radical (unpaired) electrons. The fraction of sp³-hybridized carbons (Fsp3) is 0.562. The molecule has 1 saturated heterocycles. The van der Waals surface area contributed by atoms with E-state index in [1.807, 2.05) is 18.7 Å². The van der Waals surface area contributed by atoms with Crippen molar-refractivity contribution in [2.24, 2.45) is 5.92 Å². The van der Waals surface area contributed by atoms with Gasteiger partial charge in [0.15, 0.2) is 0 Å². The molecular formula is C16H23FN2O2. The minimum Gasteiger partial charge on any atom is -0.390 e. The molecule has 2 rings (SSSR count). The number of benzene rings is 1. The van der Waals surface area contributed by atoms with Gasteiger partial charge in [0.2, 0.25) is 5.91 Å². The zero-order valence-electron chi connectivity index (χ0n) is 12.8. The first-order valence-corrected chi connectivity index (χ1v) is 7.26. The van der Waals surface area contributed by atoms with Crippen LogP contribution in [-0.2, 0) is 4.79 Å². The number of amides is 1. The highest BCUT2D eigenvalue weighted by molar-refractivity contribution is 5.92. The minimum absolute atomic E-state index is 0.110. The number of carbonyl (C=O) groups is 1. The summed E-state index contributed by atoms with van der Waals surface area (Å²) in [5.74, 6) is -0.225. The lowest BCUT2D eigenvalue weighted by Gasteiger charge is -2.25. The van der Waals surface area contributed by atoms with Crippen molar-refractivity contribution in [2.75, 3.05) is 25.0 Å². The first-order valence-electron chi connectivity index (χ1n) is 7.26. The van der Waals surface area contributed by atoms with E-state index in [1.165, 1.54) is 12.1 Å². The van der Waals surface area contributed by atoms with Crippen molar-refractivity contribution in [3.8, 4) is 0 Å². The summed E-state index contributed by atoms with van der Waals surface area (Å²) < 4.78 is 13.0. The average Bonchev–Trinajstić information content (AvgIpc) is 2.81. The van der Waals surface area contributed by atoms with Crippen molar-refractivity contribution < 1.29 is 14.3 Å². The maximum atomic E-state index is 13.0. The van der Waals surface area contributed by atoms with E-state index in [1.54, 1.807) is 13.0 Å². The Morgan fingerprint density at radius 3 is 2.81 bits per heavy atom. The number of hydrogen-bond donors (Lipinski definition) is 2. The predicted octanol–water partition coefficient (Wildman–Crippen LogP) is 2.17. The summed E-state index contributed by atoms with van der Waals surface area (Å²) in [5, 5.41) is 12.8. The fourth-order valence-corrected chi connectivity index (χ4v) is 2.71. The van der Waals surface area contributed by atoms with Crippen LogP contribution < -0.4 is 5.32 Å².